The van der Waals surface area contributed by atoms with Gasteiger partial charge in [0.1, 0.15) is 0 Å². The Morgan fingerprint density at radius 1 is 0.778 bits per heavy atom. The third-order valence-corrected chi connectivity index (χ3v) is 6.32. The molecule has 2 heterocycles. The third kappa shape index (κ3) is 5.23. The zero-order valence-corrected chi connectivity index (χ0v) is 19.7. The van der Waals surface area contributed by atoms with Gasteiger partial charge in [-0.2, -0.15) is 0 Å². The van der Waals surface area contributed by atoms with Crippen molar-refractivity contribution in [3.63, 3.8) is 0 Å². The van der Waals surface area contributed by atoms with Gasteiger partial charge in [0.25, 0.3) is 5.91 Å². The van der Waals surface area contributed by atoms with E-state index in [1.54, 1.807) is 47.4 Å². The predicted octanol–water partition coefficient (Wildman–Crippen LogP) is 3.15. The van der Waals surface area contributed by atoms with Gasteiger partial charge in [-0.15, -0.1) is 0 Å². The fraction of sp³-hybridized carbons (Fsp3) is 0.250. The first-order valence-corrected chi connectivity index (χ1v) is 11.8. The maximum Gasteiger partial charge on any atom is 0.339 e. The van der Waals surface area contributed by atoms with Crippen LogP contribution < -0.4 is 9.47 Å². The van der Waals surface area contributed by atoms with Crippen molar-refractivity contribution in [2.75, 3.05) is 39.6 Å². The van der Waals surface area contributed by atoms with Crippen LogP contribution in [0.1, 0.15) is 31.8 Å². The van der Waals surface area contributed by atoms with Gasteiger partial charge in [0.15, 0.2) is 23.9 Å². The molecule has 3 aromatic carbocycles. The Labute approximate surface area is 209 Å². The van der Waals surface area contributed by atoms with E-state index in [0.717, 1.165) is 23.6 Å². The summed E-state index contributed by atoms with van der Waals surface area (Å²) >= 11 is 0. The van der Waals surface area contributed by atoms with Crippen LogP contribution in [-0.4, -0.2) is 67.0 Å². The van der Waals surface area contributed by atoms with Gasteiger partial charge in [0.05, 0.1) is 5.56 Å². The molecule has 8 heteroatoms. The summed E-state index contributed by atoms with van der Waals surface area (Å²) in [7, 11) is 0. The van der Waals surface area contributed by atoms with Gasteiger partial charge in [-0.1, -0.05) is 54.6 Å². The number of benzene rings is 3. The number of esters is 1. The van der Waals surface area contributed by atoms with Gasteiger partial charge < -0.3 is 19.1 Å². The Hall–Kier alpha value is -4.17. The van der Waals surface area contributed by atoms with Crippen LogP contribution in [-0.2, 0) is 16.1 Å². The summed E-state index contributed by atoms with van der Waals surface area (Å²) in [6.07, 6.45) is 0. The number of ketones is 1. The van der Waals surface area contributed by atoms with Crippen LogP contribution in [0.25, 0.3) is 0 Å². The second-order valence-electron chi connectivity index (χ2n) is 8.66. The van der Waals surface area contributed by atoms with Crippen molar-refractivity contribution in [1.82, 2.24) is 9.80 Å². The van der Waals surface area contributed by atoms with E-state index in [9.17, 15) is 14.4 Å². The summed E-state index contributed by atoms with van der Waals surface area (Å²) in [5.41, 5.74) is 2.00. The smallest absolute Gasteiger partial charge is 0.339 e. The van der Waals surface area contributed by atoms with Crippen molar-refractivity contribution in [2.45, 2.75) is 6.54 Å². The van der Waals surface area contributed by atoms with Gasteiger partial charge in [-0.3, -0.25) is 14.5 Å². The fourth-order valence-electron chi connectivity index (χ4n) is 4.35. The van der Waals surface area contributed by atoms with Gasteiger partial charge in [0, 0.05) is 43.9 Å². The second-order valence-corrected chi connectivity index (χ2v) is 8.66. The number of piperazine rings is 1. The van der Waals surface area contributed by atoms with Crippen molar-refractivity contribution in [1.29, 1.82) is 0 Å². The summed E-state index contributed by atoms with van der Waals surface area (Å²) in [6, 6.07) is 21.1. The van der Waals surface area contributed by atoms with Crippen LogP contribution in [0.15, 0.2) is 72.8 Å². The maximum absolute atomic E-state index is 12.9. The number of carbonyl (C=O) groups is 3. The summed E-state index contributed by atoms with van der Waals surface area (Å²) < 4.78 is 16.1. The lowest BCUT2D eigenvalue weighted by Crippen LogP contribution is -2.49. The molecule has 0 aromatic heterocycles. The van der Waals surface area contributed by atoms with E-state index in [1.165, 1.54) is 6.07 Å². The number of amides is 1. The molecule has 2 aliphatic heterocycles. The van der Waals surface area contributed by atoms with Crippen molar-refractivity contribution in [2.24, 2.45) is 0 Å². The molecule has 184 valence electrons. The second kappa shape index (κ2) is 10.6. The van der Waals surface area contributed by atoms with Gasteiger partial charge >= 0.3 is 5.97 Å². The molecule has 1 amide bonds. The molecule has 0 bridgehead atoms. The third-order valence-electron chi connectivity index (χ3n) is 6.32. The molecule has 0 radical (unpaired) electrons. The number of ether oxygens (including phenoxy) is 3. The summed E-state index contributed by atoms with van der Waals surface area (Å²) in [6.45, 7) is 3.15. The number of fused-ring (bicyclic) bond motifs is 1. The number of hydrogen-bond acceptors (Lipinski definition) is 7. The molecule has 0 atom stereocenters. The molecule has 5 rings (SSSR count). The molecule has 8 nitrogen and oxygen atoms in total. The lowest BCUT2D eigenvalue weighted by atomic mass is 9.98. The van der Waals surface area contributed by atoms with Crippen LogP contribution >= 0.6 is 0 Å². The minimum Gasteiger partial charge on any atom is -0.454 e. The minimum atomic E-state index is -0.690. The van der Waals surface area contributed by atoms with Crippen LogP contribution in [0.4, 0.5) is 0 Å². The molecular formula is C28H26N2O6. The average molecular weight is 487 g/mol. The van der Waals surface area contributed by atoms with Crippen molar-refractivity contribution in [3.05, 3.63) is 95.1 Å². The molecule has 1 saturated heterocycles. The minimum absolute atomic E-state index is 0.146. The predicted molar refractivity (Wildman–Crippen MR) is 131 cm³/mol. The zero-order chi connectivity index (χ0) is 24.9. The largest absolute Gasteiger partial charge is 0.454 e. The molecule has 0 saturated carbocycles. The number of nitrogens with zero attached hydrogens (tertiary/aromatic N) is 2. The highest BCUT2D eigenvalue weighted by Crippen LogP contribution is 2.32. The normalized spacial score (nSPS) is 14.9. The SMILES string of the molecule is O=C(OCC(=O)N1CCN(Cc2ccc3c(c2)OCO3)CC1)c1ccccc1C(=O)c1ccccc1. The first kappa shape index (κ1) is 23.6. The topological polar surface area (TPSA) is 85.4 Å². The van der Waals surface area contributed by atoms with Gasteiger partial charge in [0.2, 0.25) is 6.79 Å². The van der Waals surface area contributed by atoms with E-state index >= 15 is 0 Å². The molecule has 1 fully saturated rings. The number of rotatable bonds is 7. The van der Waals surface area contributed by atoms with E-state index in [1.807, 2.05) is 24.3 Å². The van der Waals surface area contributed by atoms with Crippen LogP contribution in [0, 0.1) is 0 Å². The van der Waals surface area contributed by atoms with E-state index in [4.69, 9.17) is 14.2 Å². The van der Waals surface area contributed by atoms with E-state index in [0.29, 0.717) is 31.7 Å². The Morgan fingerprint density at radius 2 is 1.47 bits per heavy atom. The van der Waals surface area contributed by atoms with E-state index in [2.05, 4.69) is 4.90 Å². The van der Waals surface area contributed by atoms with Crippen molar-refractivity contribution >= 4 is 17.7 Å². The quantitative estimate of drug-likeness (QED) is 0.375. The zero-order valence-electron chi connectivity index (χ0n) is 19.7. The van der Waals surface area contributed by atoms with Gasteiger partial charge in [-0.25, -0.2) is 4.79 Å². The van der Waals surface area contributed by atoms with Crippen molar-refractivity contribution < 1.29 is 28.6 Å². The lowest BCUT2D eigenvalue weighted by molar-refractivity contribution is -0.136. The summed E-state index contributed by atoms with van der Waals surface area (Å²) in [4.78, 5) is 42.3. The monoisotopic (exact) mass is 486 g/mol. The molecule has 0 aliphatic carbocycles. The molecule has 2 aliphatic rings. The van der Waals surface area contributed by atoms with Crippen LogP contribution in [0.2, 0.25) is 0 Å². The molecular weight excluding hydrogens is 460 g/mol. The molecule has 0 unspecified atom stereocenters. The molecule has 3 aromatic rings. The average Bonchev–Trinajstić information content (AvgIpc) is 3.40. The Bertz CT molecular complexity index is 1270. The first-order chi connectivity index (χ1) is 17.6. The number of hydrogen-bond donors (Lipinski definition) is 0. The Balaban J connectivity index is 1.13. The Kier molecular flexibility index (Phi) is 6.95. The molecule has 0 spiro atoms. The van der Waals surface area contributed by atoms with Gasteiger partial charge in [-0.05, 0) is 23.8 Å². The first-order valence-electron chi connectivity index (χ1n) is 11.8. The maximum atomic E-state index is 12.9. The van der Waals surface area contributed by atoms with E-state index < -0.39 is 5.97 Å². The van der Waals surface area contributed by atoms with Crippen LogP contribution in [0.5, 0.6) is 11.5 Å². The fourth-order valence-corrected chi connectivity index (χ4v) is 4.35. The molecule has 0 N–H and O–H groups in total. The van der Waals surface area contributed by atoms with Crippen LogP contribution in [0.3, 0.4) is 0 Å². The summed E-state index contributed by atoms with van der Waals surface area (Å²) in [5, 5.41) is 0. The standard InChI is InChI=1S/C28H26N2O6/c31-26(30-14-12-29(13-15-30)17-20-10-11-24-25(16-20)36-19-35-24)18-34-28(33)23-9-5-4-8-22(23)27(32)21-6-2-1-3-7-21/h1-11,16H,12-15,17-19H2. The van der Waals surface area contributed by atoms with E-state index in [-0.39, 0.29) is 36.2 Å². The Morgan fingerprint density at radius 3 is 2.25 bits per heavy atom. The highest BCUT2D eigenvalue weighted by atomic mass is 16.7. The van der Waals surface area contributed by atoms with Crippen molar-refractivity contribution in [3.8, 4) is 11.5 Å². The summed E-state index contributed by atoms with van der Waals surface area (Å²) in [5.74, 6) is 0.307. The lowest BCUT2D eigenvalue weighted by Gasteiger charge is -2.34. The number of carbonyl (C=O) groups excluding carboxylic acids is 3. The molecule has 36 heavy (non-hydrogen) atoms. The highest BCUT2D eigenvalue weighted by molar-refractivity contribution is 6.14. The highest BCUT2D eigenvalue weighted by Gasteiger charge is 2.24.